The van der Waals surface area contributed by atoms with E-state index in [-0.39, 0.29) is 0 Å². The molecule has 0 aliphatic heterocycles. The van der Waals surface area contributed by atoms with E-state index in [4.69, 9.17) is 5.11 Å². The lowest BCUT2D eigenvalue weighted by Crippen LogP contribution is -2.34. The van der Waals surface area contributed by atoms with Gasteiger partial charge in [-0.2, -0.15) is 0 Å². The number of ether oxygens (including phenoxy) is 1. The monoisotopic (exact) mass is 146 g/mol. The van der Waals surface area contributed by atoms with Crippen molar-refractivity contribution in [3.63, 3.8) is 0 Å². The molecule has 58 valence electrons. The molecule has 0 aromatic rings. The normalized spacial score (nSPS) is 10.8. The van der Waals surface area contributed by atoms with Crippen LogP contribution in [0.25, 0.3) is 0 Å². The van der Waals surface area contributed by atoms with Crippen molar-refractivity contribution in [3.05, 3.63) is 0 Å². The first-order chi connectivity index (χ1) is 4.34. The van der Waals surface area contributed by atoms with Crippen LogP contribution in [0.3, 0.4) is 0 Å². The summed E-state index contributed by atoms with van der Waals surface area (Å²) in [7, 11) is 0. The van der Waals surface area contributed by atoms with Crippen LogP contribution in [-0.2, 0) is 14.3 Å². The third kappa shape index (κ3) is 3.19. The molecule has 0 saturated heterocycles. The van der Waals surface area contributed by atoms with Gasteiger partial charge in [-0.3, -0.25) is 4.79 Å². The molecule has 0 atom stereocenters. The van der Waals surface area contributed by atoms with Crippen LogP contribution in [0.5, 0.6) is 0 Å². The molecule has 0 heterocycles. The number of aliphatic hydroxyl groups is 1. The Labute approximate surface area is 58.8 Å². The van der Waals surface area contributed by atoms with Gasteiger partial charge in [0.2, 0.25) is 0 Å². The number of hydrogen-bond acceptors (Lipinski definition) is 4. The molecule has 1 N–H and O–H groups in total. The minimum Gasteiger partial charge on any atom is -0.391 e. The van der Waals surface area contributed by atoms with Gasteiger partial charge in [0.1, 0.15) is 0 Å². The second kappa shape index (κ2) is 2.79. The number of hydrogen-bond donors (Lipinski definition) is 1. The Morgan fingerprint density at radius 2 is 1.80 bits per heavy atom. The summed E-state index contributed by atoms with van der Waals surface area (Å²) in [6.07, 6.45) is 0. The van der Waals surface area contributed by atoms with Crippen molar-refractivity contribution in [2.75, 3.05) is 0 Å². The molecular weight excluding hydrogens is 136 g/mol. The van der Waals surface area contributed by atoms with Crippen molar-refractivity contribution in [2.24, 2.45) is 0 Å². The average molecular weight is 146 g/mol. The van der Waals surface area contributed by atoms with Crippen molar-refractivity contribution in [2.45, 2.75) is 26.4 Å². The minimum atomic E-state index is -1.59. The van der Waals surface area contributed by atoms with Crippen LogP contribution in [0.4, 0.5) is 0 Å². The number of rotatable bonds is 1. The van der Waals surface area contributed by atoms with Crippen LogP contribution >= 0.6 is 0 Å². The van der Waals surface area contributed by atoms with Gasteiger partial charge in [0, 0.05) is 6.92 Å². The molecular formula is C6H10O4. The second-order valence-electron chi connectivity index (χ2n) is 2.44. The predicted octanol–water partition coefficient (Wildman–Crippen LogP) is -0.153. The van der Waals surface area contributed by atoms with Crippen molar-refractivity contribution in [1.29, 1.82) is 0 Å². The van der Waals surface area contributed by atoms with Crippen molar-refractivity contribution >= 4 is 11.9 Å². The Bertz CT molecular complexity index is 154. The van der Waals surface area contributed by atoms with E-state index in [2.05, 4.69) is 4.74 Å². The first kappa shape index (κ1) is 9.10. The molecule has 0 spiro atoms. The molecule has 0 aliphatic carbocycles. The minimum absolute atomic E-state index is 0.716. The molecule has 4 nitrogen and oxygen atoms in total. The molecule has 0 aromatic carbocycles. The van der Waals surface area contributed by atoms with E-state index in [0.29, 0.717) is 0 Å². The van der Waals surface area contributed by atoms with Gasteiger partial charge in [0.25, 0.3) is 0 Å². The largest absolute Gasteiger partial charge is 0.391 e. The fourth-order valence-electron chi connectivity index (χ4n) is 0.255. The summed E-state index contributed by atoms with van der Waals surface area (Å²) in [5, 5.41) is 8.91. The number of esters is 2. The molecule has 0 saturated carbocycles. The molecule has 0 aliphatic rings. The van der Waals surface area contributed by atoms with Gasteiger partial charge in [-0.15, -0.1) is 0 Å². The summed E-state index contributed by atoms with van der Waals surface area (Å²) >= 11 is 0. The van der Waals surface area contributed by atoms with Crippen LogP contribution < -0.4 is 0 Å². The molecule has 0 rings (SSSR count). The molecule has 0 radical (unpaired) electrons. The summed E-state index contributed by atoms with van der Waals surface area (Å²) in [5.41, 5.74) is -1.59. The van der Waals surface area contributed by atoms with Gasteiger partial charge >= 0.3 is 11.9 Å². The average Bonchev–Trinajstić information content (AvgIpc) is 1.60. The highest BCUT2D eigenvalue weighted by molar-refractivity contribution is 5.88. The van der Waals surface area contributed by atoms with Gasteiger partial charge in [-0.25, -0.2) is 4.79 Å². The smallest absolute Gasteiger partial charge is 0.345 e. The fraction of sp³-hybridized carbons (Fsp3) is 0.667. The first-order valence-corrected chi connectivity index (χ1v) is 2.79. The highest BCUT2D eigenvalue weighted by atomic mass is 16.6. The van der Waals surface area contributed by atoms with Gasteiger partial charge in [0.15, 0.2) is 5.60 Å². The van der Waals surface area contributed by atoms with Crippen LogP contribution in [-0.4, -0.2) is 22.6 Å². The molecule has 0 unspecified atom stereocenters. The van der Waals surface area contributed by atoms with Crippen LogP contribution in [0, 0.1) is 0 Å². The quantitative estimate of drug-likeness (QED) is 0.412. The molecule has 4 heteroatoms. The van der Waals surface area contributed by atoms with Gasteiger partial charge in [-0.05, 0) is 13.8 Å². The lowest BCUT2D eigenvalue weighted by molar-refractivity contribution is -0.170. The molecule has 0 bridgehead atoms. The van der Waals surface area contributed by atoms with Crippen LogP contribution in [0.1, 0.15) is 20.8 Å². The SMILES string of the molecule is CC(=O)OC(=O)C(C)(C)O. The van der Waals surface area contributed by atoms with Crippen LogP contribution in [0.15, 0.2) is 0 Å². The van der Waals surface area contributed by atoms with E-state index in [0.717, 1.165) is 6.92 Å². The van der Waals surface area contributed by atoms with Gasteiger partial charge < -0.3 is 9.84 Å². The summed E-state index contributed by atoms with van der Waals surface area (Å²) in [6, 6.07) is 0. The van der Waals surface area contributed by atoms with Crippen molar-refractivity contribution in [3.8, 4) is 0 Å². The Balaban J connectivity index is 3.99. The van der Waals surface area contributed by atoms with E-state index in [1.807, 2.05) is 0 Å². The van der Waals surface area contributed by atoms with Gasteiger partial charge in [-0.1, -0.05) is 0 Å². The third-order valence-corrected chi connectivity index (χ3v) is 0.736. The maximum absolute atomic E-state index is 10.6. The van der Waals surface area contributed by atoms with Gasteiger partial charge in [0.05, 0.1) is 0 Å². The first-order valence-electron chi connectivity index (χ1n) is 2.79. The maximum Gasteiger partial charge on any atom is 0.345 e. The maximum atomic E-state index is 10.6. The Kier molecular flexibility index (Phi) is 2.54. The summed E-state index contributed by atoms with van der Waals surface area (Å²) in [6.45, 7) is 3.60. The van der Waals surface area contributed by atoms with Crippen LogP contribution in [0.2, 0.25) is 0 Å². The third-order valence-electron chi connectivity index (χ3n) is 0.736. The predicted molar refractivity (Wildman–Crippen MR) is 33.1 cm³/mol. The zero-order valence-corrected chi connectivity index (χ0v) is 6.17. The van der Waals surface area contributed by atoms with Crippen molar-refractivity contribution in [1.82, 2.24) is 0 Å². The lowest BCUT2D eigenvalue weighted by Gasteiger charge is -2.12. The second-order valence-corrected chi connectivity index (χ2v) is 2.44. The number of carbonyl (C=O) groups is 2. The standard InChI is InChI=1S/C6H10O4/c1-4(7)10-5(8)6(2,3)9/h9H,1-3H3. The summed E-state index contributed by atoms with van der Waals surface area (Å²) < 4.78 is 4.09. The lowest BCUT2D eigenvalue weighted by atomic mass is 10.1. The number of carbonyl (C=O) groups excluding carboxylic acids is 2. The summed E-state index contributed by atoms with van der Waals surface area (Å²) in [4.78, 5) is 20.7. The van der Waals surface area contributed by atoms with E-state index >= 15 is 0 Å². The molecule has 0 fully saturated rings. The summed E-state index contributed by atoms with van der Waals surface area (Å²) in [5.74, 6) is -1.65. The zero-order valence-electron chi connectivity index (χ0n) is 6.17. The fourth-order valence-corrected chi connectivity index (χ4v) is 0.255. The topological polar surface area (TPSA) is 63.6 Å². The van der Waals surface area contributed by atoms with E-state index in [9.17, 15) is 9.59 Å². The highest BCUT2D eigenvalue weighted by Crippen LogP contribution is 2.03. The van der Waals surface area contributed by atoms with E-state index < -0.39 is 17.5 Å². The Hall–Kier alpha value is -0.900. The van der Waals surface area contributed by atoms with Crippen molar-refractivity contribution < 1.29 is 19.4 Å². The molecule has 0 amide bonds. The molecule has 10 heavy (non-hydrogen) atoms. The molecule has 0 aromatic heterocycles. The Morgan fingerprint density at radius 3 is 1.90 bits per heavy atom. The van der Waals surface area contributed by atoms with E-state index in [1.54, 1.807) is 0 Å². The Morgan fingerprint density at radius 1 is 1.40 bits per heavy atom. The highest BCUT2D eigenvalue weighted by Gasteiger charge is 2.26. The zero-order chi connectivity index (χ0) is 8.36. The van der Waals surface area contributed by atoms with E-state index in [1.165, 1.54) is 13.8 Å².